The number of hydrogen-bond acceptors (Lipinski definition) is 6. The Morgan fingerprint density at radius 2 is 1.68 bits per heavy atom. The molecule has 0 bridgehead atoms. The van der Waals surface area contributed by atoms with Crippen molar-refractivity contribution < 1.29 is 18.7 Å². The van der Waals surface area contributed by atoms with Gasteiger partial charge in [0.1, 0.15) is 11.6 Å². The van der Waals surface area contributed by atoms with Gasteiger partial charge in [0.15, 0.2) is 11.0 Å². The van der Waals surface area contributed by atoms with Crippen molar-refractivity contribution in [3.05, 3.63) is 90.2 Å². The van der Waals surface area contributed by atoms with Gasteiger partial charge in [-0.1, -0.05) is 42.1 Å². The van der Waals surface area contributed by atoms with Crippen LogP contribution in [-0.4, -0.2) is 38.9 Å². The maximum atomic E-state index is 14.7. The smallest absolute Gasteiger partial charge is 0.257 e. The van der Waals surface area contributed by atoms with Gasteiger partial charge in [-0.2, -0.15) is 0 Å². The van der Waals surface area contributed by atoms with Gasteiger partial charge in [-0.25, -0.2) is 4.39 Å². The number of hydrogen-bond donors (Lipinski definition) is 1. The van der Waals surface area contributed by atoms with Crippen LogP contribution in [0, 0.1) is 5.82 Å². The number of carbonyl (C=O) groups excluding carboxylic acids is 2. The zero-order valence-corrected chi connectivity index (χ0v) is 19.1. The number of rotatable bonds is 8. The monoisotopic (exact) mass is 476 g/mol. The summed E-state index contributed by atoms with van der Waals surface area (Å²) in [6.07, 6.45) is 0. The van der Waals surface area contributed by atoms with Crippen molar-refractivity contribution in [1.29, 1.82) is 0 Å². The summed E-state index contributed by atoms with van der Waals surface area (Å²) in [4.78, 5) is 24.6. The third kappa shape index (κ3) is 5.32. The van der Waals surface area contributed by atoms with E-state index < -0.39 is 17.6 Å². The lowest BCUT2D eigenvalue weighted by atomic mass is 10.2. The van der Waals surface area contributed by atoms with E-state index in [1.165, 1.54) is 6.07 Å². The lowest BCUT2D eigenvalue weighted by Crippen LogP contribution is -2.31. The molecule has 7 nitrogen and oxygen atoms in total. The first-order valence-corrected chi connectivity index (χ1v) is 11.5. The fourth-order valence-electron chi connectivity index (χ4n) is 3.22. The summed E-state index contributed by atoms with van der Waals surface area (Å²) >= 11 is 1.06. The number of benzene rings is 3. The average Bonchev–Trinajstić information content (AvgIpc) is 3.28. The highest BCUT2D eigenvalue weighted by molar-refractivity contribution is 7.99. The number of amides is 2. The Bertz CT molecular complexity index is 1290. The Morgan fingerprint density at radius 1 is 0.971 bits per heavy atom. The molecule has 0 aliphatic carbocycles. The third-order valence-corrected chi connectivity index (χ3v) is 5.70. The van der Waals surface area contributed by atoms with Gasteiger partial charge in [-0.15, -0.1) is 10.2 Å². The van der Waals surface area contributed by atoms with Crippen molar-refractivity contribution in [2.45, 2.75) is 12.1 Å². The molecule has 0 unspecified atom stereocenters. The third-order valence-electron chi connectivity index (χ3n) is 4.77. The van der Waals surface area contributed by atoms with Gasteiger partial charge in [0.2, 0.25) is 5.91 Å². The molecule has 0 aliphatic heterocycles. The van der Waals surface area contributed by atoms with E-state index in [-0.39, 0.29) is 11.4 Å². The fraction of sp³-hybridized carbons (Fsp3) is 0.120. The van der Waals surface area contributed by atoms with E-state index in [0.29, 0.717) is 34.5 Å². The van der Waals surface area contributed by atoms with Crippen LogP contribution in [0.1, 0.15) is 17.3 Å². The second kappa shape index (κ2) is 10.8. The molecular formula is C25H21FN4O3S. The van der Waals surface area contributed by atoms with Gasteiger partial charge in [-0.05, 0) is 55.5 Å². The van der Waals surface area contributed by atoms with Gasteiger partial charge >= 0.3 is 0 Å². The zero-order valence-electron chi connectivity index (χ0n) is 18.3. The predicted octanol–water partition coefficient (Wildman–Crippen LogP) is 4.52. The molecule has 0 saturated carbocycles. The van der Waals surface area contributed by atoms with Crippen molar-refractivity contribution in [1.82, 2.24) is 20.1 Å². The number of aromatic nitrogens is 3. The zero-order chi connectivity index (χ0) is 23.9. The summed E-state index contributed by atoms with van der Waals surface area (Å²) in [6, 6.07) is 21.9. The minimum Gasteiger partial charge on any atom is -0.494 e. The highest BCUT2D eigenvalue weighted by Gasteiger charge is 2.20. The molecule has 1 heterocycles. The van der Waals surface area contributed by atoms with Crippen LogP contribution in [0.3, 0.4) is 0 Å². The van der Waals surface area contributed by atoms with Gasteiger partial charge in [-0.3, -0.25) is 19.5 Å². The van der Waals surface area contributed by atoms with Gasteiger partial charge < -0.3 is 4.74 Å². The molecule has 3 aromatic carbocycles. The fourth-order valence-corrected chi connectivity index (χ4v) is 3.97. The second-order valence-corrected chi connectivity index (χ2v) is 8.02. The standard InChI is InChI=1S/C25H21FN4O3S/c1-2-33-19-14-12-17(13-15-19)23-28-29-25(30(23)21-11-7-6-10-20(21)26)34-16-22(31)27-24(32)18-8-4-3-5-9-18/h3-15H,2,16H2,1H3,(H,27,31,32). The Hall–Kier alpha value is -3.98. The minimum absolute atomic E-state index is 0.103. The van der Waals surface area contributed by atoms with Crippen LogP contribution in [0.25, 0.3) is 17.1 Å². The summed E-state index contributed by atoms with van der Waals surface area (Å²) in [5.41, 5.74) is 1.34. The molecule has 0 atom stereocenters. The summed E-state index contributed by atoms with van der Waals surface area (Å²) in [5, 5.41) is 11.1. The first-order valence-electron chi connectivity index (χ1n) is 10.5. The molecule has 2 amide bonds. The van der Waals surface area contributed by atoms with Crippen molar-refractivity contribution in [3.63, 3.8) is 0 Å². The largest absolute Gasteiger partial charge is 0.494 e. The highest BCUT2D eigenvalue weighted by Crippen LogP contribution is 2.30. The molecule has 0 saturated heterocycles. The lowest BCUT2D eigenvalue weighted by Gasteiger charge is -2.12. The Balaban J connectivity index is 1.58. The first-order chi connectivity index (χ1) is 16.6. The molecule has 172 valence electrons. The van der Waals surface area contributed by atoms with E-state index in [2.05, 4.69) is 15.5 Å². The molecule has 4 aromatic rings. The topological polar surface area (TPSA) is 86.1 Å². The number of para-hydroxylation sites is 1. The SMILES string of the molecule is CCOc1ccc(-c2nnc(SCC(=O)NC(=O)c3ccccc3)n2-c2ccccc2F)cc1. The maximum absolute atomic E-state index is 14.7. The molecule has 1 aromatic heterocycles. The molecule has 1 N–H and O–H groups in total. The minimum atomic E-state index is -0.496. The van der Waals surface area contributed by atoms with Crippen molar-refractivity contribution >= 4 is 23.6 Å². The molecule has 0 fully saturated rings. The van der Waals surface area contributed by atoms with Crippen LogP contribution in [0.4, 0.5) is 4.39 Å². The molecule has 0 radical (unpaired) electrons. The van der Waals surface area contributed by atoms with E-state index in [1.54, 1.807) is 65.2 Å². The number of nitrogens with one attached hydrogen (secondary N) is 1. The van der Waals surface area contributed by atoms with Crippen molar-refractivity contribution in [2.75, 3.05) is 12.4 Å². The second-order valence-electron chi connectivity index (χ2n) is 7.08. The van der Waals surface area contributed by atoms with E-state index in [9.17, 15) is 14.0 Å². The predicted molar refractivity (Wildman–Crippen MR) is 128 cm³/mol. The molecular weight excluding hydrogens is 455 g/mol. The number of ether oxygens (including phenoxy) is 1. The molecule has 4 rings (SSSR count). The van der Waals surface area contributed by atoms with Crippen LogP contribution >= 0.6 is 11.8 Å². The van der Waals surface area contributed by atoms with Crippen LogP contribution in [0.15, 0.2) is 84.0 Å². The van der Waals surface area contributed by atoms with Crippen LogP contribution in [-0.2, 0) is 4.79 Å². The number of nitrogens with zero attached hydrogens (tertiary/aromatic N) is 3. The number of thioether (sulfide) groups is 1. The molecule has 0 aliphatic rings. The van der Waals surface area contributed by atoms with Gasteiger partial charge in [0, 0.05) is 11.1 Å². The summed E-state index contributed by atoms with van der Waals surface area (Å²) in [7, 11) is 0. The quantitative estimate of drug-likeness (QED) is 0.376. The number of carbonyl (C=O) groups is 2. The number of halogens is 1. The average molecular weight is 477 g/mol. The Kier molecular flexibility index (Phi) is 7.34. The maximum Gasteiger partial charge on any atom is 0.257 e. The van der Waals surface area contributed by atoms with E-state index in [4.69, 9.17) is 4.74 Å². The molecule has 0 spiro atoms. The highest BCUT2D eigenvalue weighted by atomic mass is 32.2. The van der Waals surface area contributed by atoms with Crippen LogP contribution in [0.2, 0.25) is 0 Å². The van der Waals surface area contributed by atoms with Crippen molar-refractivity contribution in [3.8, 4) is 22.8 Å². The van der Waals surface area contributed by atoms with E-state index >= 15 is 0 Å². The normalized spacial score (nSPS) is 10.6. The van der Waals surface area contributed by atoms with Crippen LogP contribution < -0.4 is 10.1 Å². The van der Waals surface area contributed by atoms with E-state index in [1.807, 2.05) is 19.1 Å². The van der Waals surface area contributed by atoms with E-state index in [0.717, 1.165) is 11.8 Å². The van der Waals surface area contributed by atoms with Crippen LogP contribution in [0.5, 0.6) is 5.75 Å². The summed E-state index contributed by atoms with van der Waals surface area (Å²) in [6.45, 7) is 2.44. The van der Waals surface area contributed by atoms with Gasteiger partial charge in [0.25, 0.3) is 5.91 Å². The van der Waals surface area contributed by atoms with Crippen molar-refractivity contribution in [2.24, 2.45) is 0 Å². The van der Waals surface area contributed by atoms with Gasteiger partial charge in [0.05, 0.1) is 18.0 Å². The molecule has 34 heavy (non-hydrogen) atoms. The first kappa shape index (κ1) is 23.2. The Labute approximate surface area is 200 Å². The lowest BCUT2D eigenvalue weighted by molar-refractivity contribution is -0.117. The summed E-state index contributed by atoms with van der Waals surface area (Å²) < 4.78 is 21.8. The number of imide groups is 1. The Morgan fingerprint density at radius 3 is 2.38 bits per heavy atom. The molecule has 9 heteroatoms. The summed E-state index contributed by atoms with van der Waals surface area (Å²) in [5.74, 6) is -0.426.